The van der Waals surface area contributed by atoms with Gasteiger partial charge in [-0.1, -0.05) is 0 Å². The molecule has 0 aliphatic carbocycles. The van der Waals surface area contributed by atoms with Crippen LogP contribution in [0.1, 0.15) is 24.0 Å². The van der Waals surface area contributed by atoms with E-state index >= 15 is 0 Å². The van der Waals surface area contributed by atoms with E-state index in [4.69, 9.17) is 5.26 Å². The smallest absolute Gasteiger partial charge is 0.131 e. The highest BCUT2D eigenvalue weighted by atomic mass is 32.2. The Bertz CT molecular complexity index is 509. The second-order valence-electron chi connectivity index (χ2n) is 4.53. The van der Waals surface area contributed by atoms with Crippen molar-refractivity contribution in [2.24, 2.45) is 0 Å². The van der Waals surface area contributed by atoms with Gasteiger partial charge in [0.1, 0.15) is 11.6 Å². The third-order valence-electron chi connectivity index (χ3n) is 3.23. The van der Waals surface area contributed by atoms with Crippen molar-refractivity contribution in [3.63, 3.8) is 0 Å². The first-order valence-corrected chi connectivity index (χ1v) is 7.55. The summed E-state index contributed by atoms with van der Waals surface area (Å²) in [6.45, 7) is 0.0840. The maximum Gasteiger partial charge on any atom is 0.131 e. The van der Waals surface area contributed by atoms with Gasteiger partial charge in [-0.2, -0.15) is 5.26 Å². The fourth-order valence-electron chi connectivity index (χ4n) is 2.08. The van der Waals surface area contributed by atoms with E-state index in [1.807, 2.05) is 0 Å². The molecule has 0 radical (unpaired) electrons. The Hall–Kier alpha value is -1.32. The lowest BCUT2D eigenvalue weighted by atomic mass is 10.1. The molecule has 1 aliphatic heterocycles. The normalized spacial score (nSPS) is 23.0. The Morgan fingerprint density at radius 1 is 1.32 bits per heavy atom. The van der Waals surface area contributed by atoms with Crippen molar-refractivity contribution in [2.75, 3.05) is 11.5 Å². The highest BCUT2D eigenvalue weighted by Gasteiger charge is 2.18. The minimum atomic E-state index is -0.746. The molecule has 19 heavy (non-hydrogen) atoms. The van der Waals surface area contributed by atoms with E-state index < -0.39 is 22.4 Å². The molecular weight excluding hydrogens is 270 g/mol. The molecule has 0 amide bonds. The standard InChI is InChI=1S/C13H14F2N2OS/c14-12-5-9(7-16)6-13(15)11(12)8-17-10-1-3-19(18)4-2-10/h5-6,10,17H,1-4,8H2. The fourth-order valence-corrected chi connectivity index (χ4v) is 3.38. The van der Waals surface area contributed by atoms with Gasteiger partial charge in [0.15, 0.2) is 0 Å². The summed E-state index contributed by atoms with van der Waals surface area (Å²) in [4.78, 5) is 0. The van der Waals surface area contributed by atoms with Crippen LogP contribution in [0.3, 0.4) is 0 Å². The fraction of sp³-hybridized carbons (Fsp3) is 0.462. The number of hydrogen-bond donors (Lipinski definition) is 1. The Kier molecular flexibility index (Phi) is 4.61. The van der Waals surface area contributed by atoms with Gasteiger partial charge in [0.05, 0.1) is 11.6 Å². The average molecular weight is 284 g/mol. The summed E-state index contributed by atoms with van der Waals surface area (Å²) in [5.41, 5.74) is -0.0718. The molecular formula is C13H14F2N2OS. The van der Waals surface area contributed by atoms with Gasteiger partial charge in [0, 0.05) is 40.5 Å². The van der Waals surface area contributed by atoms with Crippen molar-refractivity contribution in [1.29, 1.82) is 5.26 Å². The zero-order valence-electron chi connectivity index (χ0n) is 10.3. The monoisotopic (exact) mass is 284 g/mol. The quantitative estimate of drug-likeness (QED) is 0.921. The third kappa shape index (κ3) is 3.58. The van der Waals surface area contributed by atoms with Gasteiger partial charge in [-0.05, 0) is 25.0 Å². The molecule has 0 saturated carbocycles. The van der Waals surface area contributed by atoms with Gasteiger partial charge >= 0.3 is 0 Å². The summed E-state index contributed by atoms with van der Waals surface area (Å²) in [5.74, 6) is -0.140. The third-order valence-corrected chi connectivity index (χ3v) is 4.61. The van der Waals surface area contributed by atoms with E-state index in [1.165, 1.54) is 0 Å². The van der Waals surface area contributed by atoms with E-state index in [2.05, 4.69) is 5.32 Å². The second kappa shape index (κ2) is 6.22. The largest absolute Gasteiger partial charge is 0.310 e. The molecule has 0 spiro atoms. The van der Waals surface area contributed by atoms with Crippen molar-refractivity contribution in [2.45, 2.75) is 25.4 Å². The molecule has 0 atom stereocenters. The van der Waals surface area contributed by atoms with Crippen LogP contribution in [0, 0.1) is 23.0 Å². The van der Waals surface area contributed by atoms with Gasteiger partial charge in [-0.25, -0.2) is 8.78 Å². The lowest BCUT2D eigenvalue weighted by Crippen LogP contribution is -2.35. The lowest BCUT2D eigenvalue weighted by molar-refractivity contribution is 0.455. The molecule has 0 unspecified atom stereocenters. The molecule has 0 aromatic heterocycles. The van der Waals surface area contributed by atoms with E-state index in [1.54, 1.807) is 6.07 Å². The number of rotatable bonds is 3. The van der Waals surface area contributed by atoms with Gasteiger partial charge in [0.25, 0.3) is 0 Å². The number of nitrogens with one attached hydrogen (secondary N) is 1. The zero-order chi connectivity index (χ0) is 13.8. The summed E-state index contributed by atoms with van der Waals surface area (Å²) < 4.78 is 38.5. The van der Waals surface area contributed by atoms with Gasteiger partial charge in [-0.15, -0.1) is 0 Å². The predicted molar refractivity (Wildman–Crippen MR) is 68.8 cm³/mol. The molecule has 3 nitrogen and oxygen atoms in total. The topological polar surface area (TPSA) is 52.9 Å². The number of benzene rings is 1. The lowest BCUT2D eigenvalue weighted by Gasteiger charge is -2.22. The van der Waals surface area contributed by atoms with Crippen LogP contribution < -0.4 is 5.32 Å². The maximum absolute atomic E-state index is 13.6. The van der Waals surface area contributed by atoms with Crippen molar-refractivity contribution < 1.29 is 13.0 Å². The Morgan fingerprint density at radius 3 is 2.42 bits per heavy atom. The van der Waals surface area contributed by atoms with Crippen LogP contribution in [0.15, 0.2) is 12.1 Å². The Labute approximate surface area is 113 Å². The molecule has 2 rings (SSSR count). The SMILES string of the molecule is N#Cc1cc(F)c(CNC2CCS(=O)CC2)c(F)c1. The summed E-state index contributed by atoms with van der Waals surface area (Å²) in [5, 5.41) is 11.7. The minimum Gasteiger partial charge on any atom is -0.310 e. The highest BCUT2D eigenvalue weighted by Crippen LogP contribution is 2.16. The number of halogens is 2. The summed E-state index contributed by atoms with van der Waals surface area (Å²) >= 11 is 0. The van der Waals surface area contributed by atoms with Gasteiger partial charge < -0.3 is 5.32 Å². The zero-order valence-corrected chi connectivity index (χ0v) is 11.1. The van der Waals surface area contributed by atoms with Gasteiger partial charge in [0.2, 0.25) is 0 Å². The molecule has 102 valence electrons. The number of hydrogen-bond acceptors (Lipinski definition) is 3. The minimum absolute atomic E-state index is 0.0215. The highest BCUT2D eigenvalue weighted by molar-refractivity contribution is 7.85. The van der Waals surface area contributed by atoms with Crippen molar-refractivity contribution in [1.82, 2.24) is 5.32 Å². The van der Waals surface area contributed by atoms with Crippen LogP contribution in [0.2, 0.25) is 0 Å². The molecule has 0 bridgehead atoms. The summed E-state index contributed by atoms with van der Waals surface area (Å²) in [7, 11) is -0.746. The van der Waals surface area contributed by atoms with E-state index in [0.29, 0.717) is 11.5 Å². The van der Waals surface area contributed by atoms with Crippen LogP contribution in [-0.2, 0) is 17.3 Å². The molecule has 6 heteroatoms. The first-order chi connectivity index (χ1) is 9.10. The first-order valence-electron chi connectivity index (χ1n) is 6.06. The summed E-state index contributed by atoms with van der Waals surface area (Å²) in [6.07, 6.45) is 1.51. The molecule has 1 aromatic carbocycles. The molecule has 1 aromatic rings. The molecule has 1 saturated heterocycles. The van der Waals surface area contributed by atoms with Crippen molar-refractivity contribution >= 4 is 10.8 Å². The van der Waals surface area contributed by atoms with Crippen LogP contribution in [0.4, 0.5) is 8.78 Å². The molecule has 1 heterocycles. The van der Waals surface area contributed by atoms with Crippen molar-refractivity contribution in [3.8, 4) is 6.07 Å². The molecule has 1 fully saturated rings. The molecule has 1 N–H and O–H groups in total. The van der Waals surface area contributed by atoms with Crippen molar-refractivity contribution in [3.05, 3.63) is 34.9 Å². The first kappa shape index (κ1) is 14.1. The van der Waals surface area contributed by atoms with E-state index in [-0.39, 0.29) is 23.7 Å². The average Bonchev–Trinajstić information content (AvgIpc) is 2.39. The maximum atomic E-state index is 13.6. The Morgan fingerprint density at radius 2 is 1.89 bits per heavy atom. The molecule has 1 aliphatic rings. The van der Waals surface area contributed by atoms with E-state index in [9.17, 15) is 13.0 Å². The van der Waals surface area contributed by atoms with E-state index in [0.717, 1.165) is 25.0 Å². The predicted octanol–water partition coefficient (Wildman–Crippen LogP) is 1.84. The second-order valence-corrected chi connectivity index (χ2v) is 6.23. The Balaban J connectivity index is 2.00. The van der Waals surface area contributed by atoms with Crippen LogP contribution >= 0.6 is 0 Å². The van der Waals surface area contributed by atoms with Crippen LogP contribution in [-0.4, -0.2) is 21.8 Å². The number of nitriles is 1. The van der Waals surface area contributed by atoms with Gasteiger partial charge in [-0.3, -0.25) is 4.21 Å². The number of nitrogens with zero attached hydrogens (tertiary/aromatic N) is 1. The summed E-state index contributed by atoms with van der Waals surface area (Å²) in [6, 6.07) is 3.93. The van der Waals surface area contributed by atoms with Crippen LogP contribution in [0.25, 0.3) is 0 Å². The van der Waals surface area contributed by atoms with Crippen LogP contribution in [0.5, 0.6) is 0 Å².